The molecule has 0 aliphatic carbocycles. The summed E-state index contributed by atoms with van der Waals surface area (Å²) in [6.45, 7) is 2.85. The van der Waals surface area contributed by atoms with Crippen molar-refractivity contribution in [2.45, 2.75) is 19.9 Å². The summed E-state index contributed by atoms with van der Waals surface area (Å²) in [7, 11) is 0. The van der Waals surface area contributed by atoms with E-state index in [0.717, 1.165) is 19.0 Å². The highest BCUT2D eigenvalue weighted by Crippen LogP contribution is 2.31. The van der Waals surface area contributed by atoms with Crippen molar-refractivity contribution in [3.05, 3.63) is 35.4 Å². The van der Waals surface area contributed by atoms with Crippen molar-refractivity contribution in [3.63, 3.8) is 0 Å². The van der Waals surface area contributed by atoms with Gasteiger partial charge < -0.3 is 10.5 Å². The first-order valence-corrected chi connectivity index (χ1v) is 5.92. The largest absolute Gasteiger partial charge is 0.452 e. The van der Waals surface area contributed by atoms with Crippen LogP contribution in [0.15, 0.2) is 24.5 Å². The van der Waals surface area contributed by atoms with Crippen LogP contribution >= 0.6 is 11.6 Å². The topological polar surface area (TPSA) is 53.1 Å². The van der Waals surface area contributed by atoms with E-state index in [-0.39, 0.29) is 16.5 Å². The minimum atomic E-state index is -0.568. The van der Waals surface area contributed by atoms with E-state index in [4.69, 9.17) is 22.1 Å². The quantitative estimate of drug-likeness (QED) is 0.865. The lowest BCUT2D eigenvalue weighted by Crippen LogP contribution is -1.96. The number of aromatic nitrogens is 2. The molecule has 0 aliphatic heterocycles. The Bertz CT molecular complexity index is 556. The number of benzene rings is 1. The van der Waals surface area contributed by atoms with Gasteiger partial charge in [0.05, 0.1) is 23.1 Å². The molecule has 2 N–H and O–H groups in total. The lowest BCUT2D eigenvalue weighted by atomic mass is 10.3. The fourth-order valence-electron chi connectivity index (χ4n) is 1.51. The van der Waals surface area contributed by atoms with E-state index in [2.05, 4.69) is 12.0 Å². The first kappa shape index (κ1) is 12.7. The number of anilines is 1. The average Bonchev–Trinajstić information content (AvgIpc) is 2.74. The van der Waals surface area contributed by atoms with Crippen LogP contribution in [0.25, 0.3) is 0 Å². The molecule has 1 aromatic heterocycles. The van der Waals surface area contributed by atoms with Crippen molar-refractivity contribution in [1.29, 1.82) is 0 Å². The molecule has 0 fully saturated rings. The van der Waals surface area contributed by atoms with Crippen LogP contribution in [-0.4, -0.2) is 9.78 Å². The molecule has 1 heterocycles. The molecule has 0 saturated heterocycles. The van der Waals surface area contributed by atoms with Crippen LogP contribution in [-0.2, 0) is 6.54 Å². The van der Waals surface area contributed by atoms with Gasteiger partial charge in [0.1, 0.15) is 5.82 Å². The third-order valence-electron chi connectivity index (χ3n) is 2.34. The van der Waals surface area contributed by atoms with E-state index < -0.39 is 5.82 Å². The summed E-state index contributed by atoms with van der Waals surface area (Å²) in [4.78, 5) is 0. The van der Waals surface area contributed by atoms with Crippen LogP contribution in [0.1, 0.15) is 13.3 Å². The summed E-state index contributed by atoms with van der Waals surface area (Å²) in [6, 6.07) is 2.48. The Hall–Kier alpha value is -1.75. The fraction of sp³-hybridized carbons (Fsp3) is 0.250. The SMILES string of the molecule is CCCn1cc(Oc2cc(F)c(Cl)cc2N)cn1. The second kappa shape index (κ2) is 5.27. The number of nitrogens with zero attached hydrogens (tertiary/aromatic N) is 2. The molecule has 0 unspecified atom stereocenters. The Morgan fingerprint density at radius 1 is 1.50 bits per heavy atom. The molecule has 0 saturated carbocycles. The predicted molar refractivity (Wildman–Crippen MR) is 68.4 cm³/mol. The Balaban J connectivity index is 2.20. The fourth-order valence-corrected chi connectivity index (χ4v) is 1.68. The van der Waals surface area contributed by atoms with E-state index in [1.807, 2.05) is 0 Å². The molecule has 2 aromatic rings. The molecule has 0 atom stereocenters. The molecule has 6 heteroatoms. The van der Waals surface area contributed by atoms with Crippen molar-refractivity contribution in [2.24, 2.45) is 0 Å². The standard InChI is InChI=1S/C12H13ClFN3O/c1-2-3-17-7-8(6-16-17)18-12-5-10(14)9(13)4-11(12)15/h4-7H,2-3,15H2,1H3. The Morgan fingerprint density at radius 2 is 2.28 bits per heavy atom. The minimum Gasteiger partial charge on any atom is -0.452 e. The third-order valence-corrected chi connectivity index (χ3v) is 2.63. The molecule has 0 spiro atoms. The second-order valence-corrected chi connectivity index (χ2v) is 4.25. The maximum Gasteiger partial charge on any atom is 0.165 e. The summed E-state index contributed by atoms with van der Waals surface area (Å²) in [5, 5.41) is 4.08. The highest BCUT2D eigenvalue weighted by molar-refractivity contribution is 6.31. The van der Waals surface area contributed by atoms with Gasteiger partial charge in [-0.15, -0.1) is 0 Å². The van der Waals surface area contributed by atoms with Crippen molar-refractivity contribution >= 4 is 17.3 Å². The summed E-state index contributed by atoms with van der Waals surface area (Å²) < 4.78 is 20.5. The first-order chi connectivity index (χ1) is 8.60. The van der Waals surface area contributed by atoms with Gasteiger partial charge in [-0.3, -0.25) is 4.68 Å². The van der Waals surface area contributed by atoms with Gasteiger partial charge in [-0.2, -0.15) is 5.10 Å². The summed E-state index contributed by atoms with van der Waals surface area (Å²) >= 11 is 5.61. The number of nitrogens with two attached hydrogens (primary N) is 1. The van der Waals surface area contributed by atoms with Crippen LogP contribution < -0.4 is 10.5 Å². The molecule has 0 aliphatic rings. The van der Waals surface area contributed by atoms with Crippen LogP contribution in [0.5, 0.6) is 11.5 Å². The predicted octanol–water partition coefficient (Wildman–Crippen LogP) is 3.46. The number of hydrogen-bond donors (Lipinski definition) is 1. The molecule has 2 rings (SSSR count). The monoisotopic (exact) mass is 269 g/mol. The third kappa shape index (κ3) is 2.73. The van der Waals surface area contributed by atoms with E-state index in [9.17, 15) is 4.39 Å². The normalized spacial score (nSPS) is 10.6. The number of ether oxygens (including phenoxy) is 1. The zero-order valence-corrected chi connectivity index (χ0v) is 10.6. The summed E-state index contributed by atoms with van der Waals surface area (Å²) in [5.41, 5.74) is 5.98. The first-order valence-electron chi connectivity index (χ1n) is 5.55. The van der Waals surface area contributed by atoms with Gasteiger partial charge in [0, 0.05) is 12.6 Å². The lowest BCUT2D eigenvalue weighted by molar-refractivity contribution is 0.477. The highest BCUT2D eigenvalue weighted by atomic mass is 35.5. The molecule has 0 amide bonds. The Labute approximate surface area is 109 Å². The van der Waals surface area contributed by atoms with Gasteiger partial charge in [0.25, 0.3) is 0 Å². The number of halogens is 2. The molecule has 4 nitrogen and oxygen atoms in total. The number of nitrogen functional groups attached to an aromatic ring is 1. The van der Waals surface area contributed by atoms with Crippen molar-refractivity contribution in [1.82, 2.24) is 9.78 Å². The Kier molecular flexibility index (Phi) is 3.72. The van der Waals surface area contributed by atoms with E-state index in [1.54, 1.807) is 17.1 Å². The summed E-state index contributed by atoms with van der Waals surface area (Å²) in [6.07, 6.45) is 4.26. The van der Waals surface area contributed by atoms with Gasteiger partial charge in [0.2, 0.25) is 0 Å². The van der Waals surface area contributed by atoms with Gasteiger partial charge in [-0.05, 0) is 12.5 Å². The minimum absolute atomic E-state index is 0.0264. The zero-order chi connectivity index (χ0) is 13.1. The Morgan fingerprint density at radius 3 is 3.00 bits per heavy atom. The molecule has 0 bridgehead atoms. The van der Waals surface area contributed by atoms with E-state index in [1.165, 1.54) is 6.07 Å². The number of aryl methyl sites for hydroxylation is 1. The van der Waals surface area contributed by atoms with Gasteiger partial charge >= 0.3 is 0 Å². The molecular formula is C12H13ClFN3O. The number of rotatable bonds is 4. The second-order valence-electron chi connectivity index (χ2n) is 3.85. The summed E-state index contributed by atoms with van der Waals surface area (Å²) in [5.74, 6) is 0.173. The number of hydrogen-bond acceptors (Lipinski definition) is 3. The van der Waals surface area contributed by atoms with Gasteiger partial charge in [-0.1, -0.05) is 18.5 Å². The lowest BCUT2D eigenvalue weighted by Gasteiger charge is -2.07. The molecular weight excluding hydrogens is 257 g/mol. The van der Waals surface area contributed by atoms with Crippen molar-refractivity contribution in [3.8, 4) is 11.5 Å². The van der Waals surface area contributed by atoms with Crippen molar-refractivity contribution < 1.29 is 9.13 Å². The van der Waals surface area contributed by atoms with Gasteiger partial charge in [-0.25, -0.2) is 4.39 Å². The smallest absolute Gasteiger partial charge is 0.165 e. The highest BCUT2D eigenvalue weighted by Gasteiger charge is 2.09. The molecule has 96 valence electrons. The van der Waals surface area contributed by atoms with Crippen LogP contribution in [0, 0.1) is 5.82 Å². The maximum absolute atomic E-state index is 13.3. The van der Waals surface area contributed by atoms with Gasteiger partial charge in [0.15, 0.2) is 11.5 Å². The maximum atomic E-state index is 13.3. The molecule has 1 aromatic carbocycles. The van der Waals surface area contributed by atoms with Crippen molar-refractivity contribution in [2.75, 3.05) is 5.73 Å². The van der Waals surface area contributed by atoms with E-state index >= 15 is 0 Å². The van der Waals surface area contributed by atoms with Crippen LogP contribution in [0.4, 0.5) is 10.1 Å². The van der Waals surface area contributed by atoms with E-state index in [0.29, 0.717) is 5.75 Å². The molecule has 18 heavy (non-hydrogen) atoms. The molecule has 0 radical (unpaired) electrons. The average molecular weight is 270 g/mol. The van der Waals surface area contributed by atoms with Crippen LogP contribution in [0.3, 0.4) is 0 Å². The zero-order valence-electron chi connectivity index (χ0n) is 9.86. The van der Waals surface area contributed by atoms with Crippen LogP contribution in [0.2, 0.25) is 5.02 Å².